The molecule has 0 radical (unpaired) electrons. The largest absolute Gasteiger partial charge is 0.490 e. The number of rotatable bonds is 4. The Morgan fingerprint density at radius 2 is 2.20 bits per heavy atom. The molecule has 1 aromatic carbocycles. The molecule has 1 N–H and O–H groups in total. The van der Waals surface area contributed by atoms with Gasteiger partial charge in [0.1, 0.15) is 12.4 Å². The van der Waals surface area contributed by atoms with Crippen LogP contribution in [0.25, 0.3) is 0 Å². The summed E-state index contributed by atoms with van der Waals surface area (Å²) in [6.45, 7) is 2.23. The summed E-state index contributed by atoms with van der Waals surface area (Å²) in [6.07, 6.45) is 3.62. The fourth-order valence-electron chi connectivity index (χ4n) is 0.965. The molecule has 0 saturated carbocycles. The van der Waals surface area contributed by atoms with E-state index in [4.69, 9.17) is 9.29 Å². The monoisotopic (exact) mass is 228 g/mol. The van der Waals surface area contributed by atoms with Crippen LogP contribution in [0.15, 0.2) is 41.3 Å². The maximum atomic E-state index is 10.8. The maximum absolute atomic E-state index is 10.8. The molecule has 0 bridgehead atoms. The van der Waals surface area contributed by atoms with Crippen molar-refractivity contribution in [3.8, 4) is 5.75 Å². The van der Waals surface area contributed by atoms with Gasteiger partial charge in [-0.3, -0.25) is 4.55 Å². The highest BCUT2D eigenvalue weighted by molar-refractivity contribution is 7.85. The van der Waals surface area contributed by atoms with Gasteiger partial charge in [-0.15, -0.1) is 0 Å². The zero-order valence-corrected chi connectivity index (χ0v) is 9.07. The first-order valence-corrected chi connectivity index (χ1v) is 5.79. The lowest BCUT2D eigenvalue weighted by atomic mass is 10.3. The Bertz CT molecular complexity index is 448. The molecule has 0 fully saturated rings. The molecule has 15 heavy (non-hydrogen) atoms. The first kappa shape index (κ1) is 11.7. The molecule has 0 aliphatic heterocycles. The van der Waals surface area contributed by atoms with Crippen LogP contribution in [0.1, 0.15) is 6.92 Å². The topological polar surface area (TPSA) is 63.6 Å². The number of ether oxygens (including phenoxy) is 1. The normalized spacial score (nSPS) is 11.9. The van der Waals surface area contributed by atoms with E-state index in [0.29, 0.717) is 12.4 Å². The standard InChI is InChI=1S/C10H12O4S/c1-2-3-7-14-9-5-4-6-10(8-9)15(11,12)13/h2-6,8H,7H2,1H3,(H,11,12,13). The van der Waals surface area contributed by atoms with Crippen LogP contribution in [0.2, 0.25) is 0 Å². The van der Waals surface area contributed by atoms with E-state index in [1.54, 1.807) is 12.1 Å². The molecule has 82 valence electrons. The predicted octanol–water partition coefficient (Wildman–Crippen LogP) is 1.89. The molecule has 0 heterocycles. The quantitative estimate of drug-likeness (QED) is 0.631. The van der Waals surface area contributed by atoms with Crippen LogP contribution in [0.3, 0.4) is 0 Å². The summed E-state index contributed by atoms with van der Waals surface area (Å²) in [5, 5.41) is 0. The number of hydrogen-bond donors (Lipinski definition) is 1. The fourth-order valence-corrected chi connectivity index (χ4v) is 1.48. The van der Waals surface area contributed by atoms with Crippen LogP contribution >= 0.6 is 0 Å². The van der Waals surface area contributed by atoms with Gasteiger partial charge in [0.25, 0.3) is 10.1 Å². The van der Waals surface area contributed by atoms with Gasteiger partial charge in [-0.25, -0.2) is 0 Å². The molecule has 0 aliphatic carbocycles. The van der Waals surface area contributed by atoms with Crippen molar-refractivity contribution in [1.29, 1.82) is 0 Å². The highest BCUT2D eigenvalue weighted by atomic mass is 32.2. The van der Waals surface area contributed by atoms with Gasteiger partial charge in [-0.1, -0.05) is 18.2 Å². The van der Waals surface area contributed by atoms with E-state index in [1.807, 2.05) is 13.0 Å². The minimum atomic E-state index is -4.15. The first-order valence-electron chi connectivity index (χ1n) is 4.35. The highest BCUT2D eigenvalue weighted by Crippen LogP contribution is 2.16. The molecule has 0 spiro atoms. The molecule has 4 nitrogen and oxygen atoms in total. The molecule has 0 aromatic heterocycles. The Hall–Kier alpha value is -1.33. The van der Waals surface area contributed by atoms with Gasteiger partial charge in [-0.2, -0.15) is 8.42 Å². The van der Waals surface area contributed by atoms with Gasteiger partial charge in [0.05, 0.1) is 4.90 Å². The molecule has 0 aliphatic rings. The molecular weight excluding hydrogens is 216 g/mol. The summed E-state index contributed by atoms with van der Waals surface area (Å²) in [7, 11) is -4.15. The lowest BCUT2D eigenvalue weighted by Crippen LogP contribution is -1.99. The van der Waals surface area contributed by atoms with Crippen molar-refractivity contribution in [1.82, 2.24) is 0 Å². The average molecular weight is 228 g/mol. The van der Waals surface area contributed by atoms with Crippen molar-refractivity contribution in [2.24, 2.45) is 0 Å². The third-order valence-corrected chi connectivity index (χ3v) is 2.53. The fraction of sp³-hybridized carbons (Fsp3) is 0.200. The van der Waals surface area contributed by atoms with E-state index < -0.39 is 10.1 Å². The SMILES string of the molecule is CC=CCOc1cccc(S(=O)(=O)O)c1. The van der Waals surface area contributed by atoms with Crippen LogP contribution in [0.4, 0.5) is 0 Å². The zero-order valence-electron chi connectivity index (χ0n) is 8.25. The summed E-state index contributed by atoms with van der Waals surface area (Å²) in [6, 6.07) is 5.71. The average Bonchev–Trinajstić information content (AvgIpc) is 2.17. The van der Waals surface area contributed by atoms with E-state index in [9.17, 15) is 8.42 Å². The molecule has 1 aromatic rings. The van der Waals surface area contributed by atoms with E-state index in [0.717, 1.165) is 0 Å². The maximum Gasteiger partial charge on any atom is 0.294 e. The van der Waals surface area contributed by atoms with Crippen molar-refractivity contribution in [2.45, 2.75) is 11.8 Å². The summed E-state index contributed by atoms with van der Waals surface area (Å²) >= 11 is 0. The lowest BCUT2D eigenvalue weighted by molar-refractivity contribution is 0.361. The summed E-state index contributed by atoms with van der Waals surface area (Å²) in [4.78, 5) is -0.166. The molecule has 0 atom stereocenters. The molecule has 5 heteroatoms. The van der Waals surface area contributed by atoms with Crippen LogP contribution in [0.5, 0.6) is 5.75 Å². The van der Waals surface area contributed by atoms with Crippen LogP contribution in [-0.4, -0.2) is 19.6 Å². The van der Waals surface area contributed by atoms with Gasteiger partial charge in [0.15, 0.2) is 0 Å². The second-order valence-corrected chi connectivity index (χ2v) is 4.25. The molecule has 1 rings (SSSR count). The summed E-state index contributed by atoms with van der Waals surface area (Å²) < 4.78 is 35.6. The Balaban J connectivity index is 2.84. The smallest absolute Gasteiger partial charge is 0.294 e. The second-order valence-electron chi connectivity index (χ2n) is 2.83. The molecule has 0 unspecified atom stereocenters. The van der Waals surface area contributed by atoms with Gasteiger partial charge in [0.2, 0.25) is 0 Å². The predicted molar refractivity (Wildman–Crippen MR) is 56.6 cm³/mol. The Morgan fingerprint density at radius 3 is 2.80 bits per heavy atom. The van der Waals surface area contributed by atoms with E-state index in [1.165, 1.54) is 18.2 Å². The Morgan fingerprint density at radius 1 is 1.47 bits per heavy atom. The van der Waals surface area contributed by atoms with Crippen LogP contribution in [0, 0.1) is 0 Å². The third kappa shape index (κ3) is 3.73. The highest BCUT2D eigenvalue weighted by Gasteiger charge is 2.09. The van der Waals surface area contributed by atoms with Crippen molar-refractivity contribution >= 4 is 10.1 Å². The molecule has 0 amide bonds. The Kier molecular flexibility index (Phi) is 3.88. The number of benzene rings is 1. The summed E-state index contributed by atoms with van der Waals surface area (Å²) in [5.74, 6) is 0.406. The van der Waals surface area contributed by atoms with Gasteiger partial charge >= 0.3 is 0 Å². The zero-order chi connectivity index (χ0) is 11.3. The molecule has 0 saturated heterocycles. The van der Waals surface area contributed by atoms with Crippen LogP contribution in [-0.2, 0) is 10.1 Å². The van der Waals surface area contributed by atoms with Crippen molar-refractivity contribution in [3.05, 3.63) is 36.4 Å². The first-order chi connectivity index (χ1) is 7.04. The van der Waals surface area contributed by atoms with Gasteiger partial charge in [0, 0.05) is 6.07 Å². The minimum absolute atomic E-state index is 0.166. The second kappa shape index (κ2) is 4.95. The van der Waals surface area contributed by atoms with Crippen molar-refractivity contribution in [2.75, 3.05) is 6.61 Å². The number of allylic oxidation sites excluding steroid dienone is 1. The van der Waals surface area contributed by atoms with Crippen LogP contribution < -0.4 is 4.74 Å². The summed E-state index contributed by atoms with van der Waals surface area (Å²) in [5.41, 5.74) is 0. The lowest BCUT2D eigenvalue weighted by Gasteiger charge is -2.04. The minimum Gasteiger partial charge on any atom is -0.490 e. The number of hydrogen-bond acceptors (Lipinski definition) is 3. The molecular formula is C10H12O4S. The van der Waals surface area contributed by atoms with E-state index in [2.05, 4.69) is 0 Å². The van der Waals surface area contributed by atoms with E-state index >= 15 is 0 Å². The van der Waals surface area contributed by atoms with E-state index in [-0.39, 0.29) is 4.90 Å². The third-order valence-electron chi connectivity index (χ3n) is 1.69. The van der Waals surface area contributed by atoms with Gasteiger partial charge in [-0.05, 0) is 19.1 Å². The van der Waals surface area contributed by atoms with Gasteiger partial charge < -0.3 is 4.74 Å². The van der Waals surface area contributed by atoms with Crippen molar-refractivity contribution < 1.29 is 17.7 Å². The Labute approximate surface area is 88.9 Å². The van der Waals surface area contributed by atoms with Crippen molar-refractivity contribution in [3.63, 3.8) is 0 Å².